The zero-order valence-electron chi connectivity index (χ0n) is 21.8. The molecule has 5 rings (SSSR count). The van der Waals surface area contributed by atoms with Crippen LogP contribution in [0.5, 0.6) is 0 Å². The minimum Gasteiger partial charge on any atom is -0.363 e. The van der Waals surface area contributed by atoms with Crippen LogP contribution in [-0.2, 0) is 22.6 Å². The molecule has 3 heterocycles. The molecule has 10 heteroatoms. The minimum absolute atomic E-state index is 0.0976. The van der Waals surface area contributed by atoms with Crippen LogP contribution in [0.1, 0.15) is 34.3 Å². The van der Waals surface area contributed by atoms with E-state index in [1.807, 2.05) is 12.3 Å². The molecule has 0 spiro atoms. The number of nitrogens with two attached hydrogens (primary N) is 1. The molecule has 1 aliphatic heterocycles. The molecule has 1 atom stereocenters. The highest BCUT2D eigenvalue weighted by molar-refractivity contribution is 6.38. The largest absolute Gasteiger partial charge is 0.363 e. The van der Waals surface area contributed by atoms with E-state index in [2.05, 4.69) is 15.2 Å². The van der Waals surface area contributed by atoms with Gasteiger partial charge in [-0.2, -0.15) is 5.10 Å². The Labute approximate surface area is 230 Å². The number of pyridine rings is 1. The van der Waals surface area contributed by atoms with Crippen molar-refractivity contribution in [1.29, 1.82) is 0 Å². The Bertz CT molecular complexity index is 1510. The number of likely N-dealkylation sites (tertiary alicyclic amines) is 1. The van der Waals surface area contributed by atoms with Gasteiger partial charge in [0.25, 0.3) is 11.8 Å². The van der Waals surface area contributed by atoms with Crippen LogP contribution in [0.2, 0.25) is 0 Å². The normalized spacial score (nSPS) is 14.1. The van der Waals surface area contributed by atoms with Gasteiger partial charge in [-0.3, -0.25) is 19.3 Å². The topological polar surface area (TPSA) is 123 Å². The third kappa shape index (κ3) is 6.13. The van der Waals surface area contributed by atoms with Gasteiger partial charge < -0.3 is 11.1 Å². The van der Waals surface area contributed by atoms with Gasteiger partial charge >= 0.3 is 0 Å². The van der Waals surface area contributed by atoms with Gasteiger partial charge in [0.1, 0.15) is 11.9 Å². The summed E-state index contributed by atoms with van der Waals surface area (Å²) in [5, 5.41) is 7.43. The van der Waals surface area contributed by atoms with E-state index in [1.165, 1.54) is 16.8 Å². The number of amides is 2. The maximum atomic E-state index is 13.6. The average molecular weight is 541 g/mol. The zero-order valence-corrected chi connectivity index (χ0v) is 21.8. The standard InChI is InChI=1S/C30H29FN6O3/c31-23-12-10-21(11-13-23)26-22(18-36-15-4-5-16-36)19-37(35-26)29-24(9-6-14-33-29)30(40)34-25(27(38)28(32)39)17-20-7-2-1-3-8-20/h1-3,6-14,19,25H,4-5,15-18H2,(H2,32,39)(H,34,40). The summed E-state index contributed by atoms with van der Waals surface area (Å²) in [5.41, 5.74) is 8.53. The zero-order chi connectivity index (χ0) is 28.1. The molecule has 0 bridgehead atoms. The number of Topliss-reactive ketones (excluding diaryl/α,β-unsaturated/α-hetero) is 1. The van der Waals surface area contributed by atoms with Gasteiger partial charge in [-0.15, -0.1) is 0 Å². The van der Waals surface area contributed by atoms with E-state index >= 15 is 0 Å². The summed E-state index contributed by atoms with van der Waals surface area (Å²) in [4.78, 5) is 44.6. The molecule has 1 aliphatic rings. The number of nitrogens with one attached hydrogen (secondary N) is 1. The number of benzene rings is 2. The van der Waals surface area contributed by atoms with Crippen LogP contribution >= 0.6 is 0 Å². The number of hydrogen-bond donors (Lipinski definition) is 2. The molecule has 1 fully saturated rings. The summed E-state index contributed by atoms with van der Waals surface area (Å²) in [7, 11) is 0. The maximum Gasteiger partial charge on any atom is 0.287 e. The number of ketones is 1. The number of primary amides is 1. The Balaban J connectivity index is 1.48. The monoisotopic (exact) mass is 540 g/mol. The van der Waals surface area contributed by atoms with E-state index in [1.54, 1.807) is 54.7 Å². The second-order valence-electron chi connectivity index (χ2n) is 9.76. The molecule has 1 unspecified atom stereocenters. The molecule has 204 valence electrons. The highest BCUT2D eigenvalue weighted by Gasteiger charge is 2.28. The molecule has 40 heavy (non-hydrogen) atoms. The lowest BCUT2D eigenvalue weighted by Crippen LogP contribution is -2.47. The van der Waals surface area contributed by atoms with E-state index in [9.17, 15) is 18.8 Å². The minimum atomic E-state index is -1.15. The van der Waals surface area contributed by atoms with Crippen molar-refractivity contribution in [2.75, 3.05) is 13.1 Å². The Kier molecular flexibility index (Phi) is 8.07. The lowest BCUT2D eigenvalue weighted by Gasteiger charge is -2.17. The van der Waals surface area contributed by atoms with Crippen LogP contribution in [0.15, 0.2) is 79.1 Å². The summed E-state index contributed by atoms with van der Waals surface area (Å²) in [6, 6.07) is 17.2. The van der Waals surface area contributed by atoms with E-state index in [-0.39, 0.29) is 23.6 Å². The second kappa shape index (κ2) is 12.0. The third-order valence-corrected chi connectivity index (χ3v) is 6.90. The van der Waals surface area contributed by atoms with Gasteiger partial charge in [-0.05, 0) is 67.9 Å². The lowest BCUT2D eigenvalue weighted by atomic mass is 10.0. The summed E-state index contributed by atoms with van der Waals surface area (Å²) in [6.07, 6.45) is 5.71. The smallest absolute Gasteiger partial charge is 0.287 e. The Morgan fingerprint density at radius 2 is 1.70 bits per heavy atom. The highest BCUT2D eigenvalue weighted by atomic mass is 19.1. The van der Waals surface area contributed by atoms with Gasteiger partial charge in [0, 0.05) is 36.5 Å². The van der Waals surface area contributed by atoms with Crippen LogP contribution in [0.4, 0.5) is 4.39 Å². The van der Waals surface area contributed by atoms with Gasteiger partial charge in [0.05, 0.1) is 11.3 Å². The van der Waals surface area contributed by atoms with E-state index in [0.29, 0.717) is 12.2 Å². The van der Waals surface area contributed by atoms with Gasteiger partial charge in [-0.1, -0.05) is 30.3 Å². The van der Waals surface area contributed by atoms with Crippen molar-refractivity contribution in [3.8, 4) is 17.1 Å². The van der Waals surface area contributed by atoms with Crippen molar-refractivity contribution in [2.24, 2.45) is 5.73 Å². The molecule has 0 radical (unpaired) electrons. The predicted octanol–water partition coefficient (Wildman–Crippen LogP) is 3.06. The molecule has 0 saturated carbocycles. The lowest BCUT2D eigenvalue weighted by molar-refractivity contribution is -0.137. The fourth-order valence-electron chi connectivity index (χ4n) is 4.89. The van der Waals surface area contributed by atoms with Crippen LogP contribution in [0.3, 0.4) is 0 Å². The molecule has 0 aliphatic carbocycles. The van der Waals surface area contributed by atoms with Crippen LogP contribution in [-0.4, -0.2) is 56.4 Å². The summed E-state index contributed by atoms with van der Waals surface area (Å²) < 4.78 is 15.2. The van der Waals surface area contributed by atoms with Crippen molar-refractivity contribution in [3.63, 3.8) is 0 Å². The Morgan fingerprint density at radius 3 is 2.40 bits per heavy atom. The first kappa shape index (κ1) is 26.9. The van der Waals surface area contributed by atoms with E-state index < -0.39 is 23.6 Å². The number of halogens is 1. The first-order chi connectivity index (χ1) is 19.4. The third-order valence-electron chi connectivity index (χ3n) is 6.90. The molecule has 9 nitrogen and oxygen atoms in total. The maximum absolute atomic E-state index is 13.6. The first-order valence-electron chi connectivity index (χ1n) is 13.1. The van der Waals surface area contributed by atoms with Crippen LogP contribution in [0.25, 0.3) is 17.1 Å². The average Bonchev–Trinajstić information content (AvgIpc) is 3.64. The van der Waals surface area contributed by atoms with Crippen LogP contribution < -0.4 is 11.1 Å². The van der Waals surface area contributed by atoms with Crippen molar-refractivity contribution in [3.05, 3.63) is 102 Å². The fraction of sp³-hybridized carbons (Fsp3) is 0.233. The molecule has 4 aromatic rings. The number of nitrogens with zero attached hydrogens (tertiary/aromatic N) is 4. The first-order valence-corrected chi connectivity index (χ1v) is 13.1. The van der Waals surface area contributed by atoms with Crippen molar-refractivity contribution in [1.82, 2.24) is 25.0 Å². The van der Waals surface area contributed by atoms with E-state index in [4.69, 9.17) is 10.8 Å². The number of rotatable bonds is 10. The summed E-state index contributed by atoms with van der Waals surface area (Å²) in [5.74, 6) is -2.72. The molecular formula is C30H29FN6O3. The SMILES string of the molecule is NC(=O)C(=O)C(Cc1ccccc1)NC(=O)c1cccnc1-n1cc(CN2CCCC2)c(-c2ccc(F)cc2)n1. The van der Waals surface area contributed by atoms with E-state index in [0.717, 1.165) is 42.6 Å². The molecule has 3 N–H and O–H groups in total. The second-order valence-corrected chi connectivity index (χ2v) is 9.76. The fourth-order valence-corrected chi connectivity index (χ4v) is 4.89. The number of carbonyl (C=O) groups is 3. The summed E-state index contributed by atoms with van der Waals surface area (Å²) in [6.45, 7) is 2.59. The predicted molar refractivity (Wildman–Crippen MR) is 147 cm³/mol. The van der Waals surface area contributed by atoms with Gasteiger partial charge in [0.15, 0.2) is 5.82 Å². The number of aromatic nitrogens is 3. The van der Waals surface area contributed by atoms with Crippen molar-refractivity contribution in [2.45, 2.75) is 31.8 Å². The molecular weight excluding hydrogens is 511 g/mol. The van der Waals surface area contributed by atoms with Crippen LogP contribution in [0, 0.1) is 5.82 Å². The van der Waals surface area contributed by atoms with Crippen molar-refractivity contribution >= 4 is 17.6 Å². The molecule has 2 amide bonds. The molecule has 2 aromatic carbocycles. The Morgan fingerprint density at radius 1 is 0.975 bits per heavy atom. The van der Waals surface area contributed by atoms with Gasteiger partial charge in [0.2, 0.25) is 5.78 Å². The summed E-state index contributed by atoms with van der Waals surface area (Å²) >= 11 is 0. The highest BCUT2D eigenvalue weighted by Crippen LogP contribution is 2.27. The van der Waals surface area contributed by atoms with Gasteiger partial charge in [-0.25, -0.2) is 14.1 Å². The number of carbonyl (C=O) groups excluding carboxylic acids is 3. The number of hydrogen-bond acceptors (Lipinski definition) is 6. The molecule has 1 saturated heterocycles. The quantitative estimate of drug-likeness (QED) is 0.298. The Hall–Kier alpha value is -4.70. The molecule has 2 aromatic heterocycles. The van der Waals surface area contributed by atoms with Crippen molar-refractivity contribution < 1.29 is 18.8 Å².